The van der Waals surface area contributed by atoms with E-state index in [-0.39, 0.29) is 6.42 Å². The van der Waals surface area contributed by atoms with Crippen LogP contribution in [-0.4, -0.2) is 48.2 Å². The molecule has 2 heterocycles. The monoisotopic (exact) mass is 274 g/mol. The van der Waals surface area contributed by atoms with Crippen LogP contribution >= 0.6 is 0 Å². The van der Waals surface area contributed by atoms with E-state index in [0.717, 1.165) is 38.9 Å². The molecule has 1 aromatic carbocycles. The number of carboxylic acid groups (broad SMARTS) is 1. The van der Waals surface area contributed by atoms with Crippen LogP contribution < -0.4 is 4.90 Å². The maximum absolute atomic E-state index is 10.6. The summed E-state index contributed by atoms with van der Waals surface area (Å²) < 4.78 is 0. The first-order chi connectivity index (χ1) is 9.74. The Bertz CT molecular complexity index is 481. The van der Waals surface area contributed by atoms with Gasteiger partial charge in [0.1, 0.15) is 0 Å². The number of piperidine rings is 1. The van der Waals surface area contributed by atoms with Crippen molar-refractivity contribution in [1.82, 2.24) is 4.90 Å². The van der Waals surface area contributed by atoms with Gasteiger partial charge in [-0.3, -0.25) is 4.79 Å². The molecule has 0 amide bonds. The highest BCUT2D eigenvalue weighted by Crippen LogP contribution is 2.32. The van der Waals surface area contributed by atoms with Crippen molar-refractivity contribution in [2.75, 3.05) is 31.1 Å². The zero-order valence-electron chi connectivity index (χ0n) is 11.8. The number of hydrogen-bond acceptors (Lipinski definition) is 3. The summed E-state index contributed by atoms with van der Waals surface area (Å²) in [6.07, 6.45) is 3.72. The second-order valence-electron chi connectivity index (χ2n) is 5.79. The van der Waals surface area contributed by atoms with Gasteiger partial charge in [0.2, 0.25) is 0 Å². The van der Waals surface area contributed by atoms with Crippen LogP contribution in [0.1, 0.15) is 24.8 Å². The van der Waals surface area contributed by atoms with Crippen LogP contribution in [0.3, 0.4) is 0 Å². The summed E-state index contributed by atoms with van der Waals surface area (Å²) >= 11 is 0. The number of para-hydroxylation sites is 1. The molecule has 4 nitrogen and oxygen atoms in total. The van der Waals surface area contributed by atoms with E-state index >= 15 is 0 Å². The first-order valence-corrected chi connectivity index (χ1v) is 7.53. The molecule has 0 bridgehead atoms. The molecule has 20 heavy (non-hydrogen) atoms. The number of hydrogen-bond donors (Lipinski definition) is 1. The van der Waals surface area contributed by atoms with Gasteiger partial charge in [0.15, 0.2) is 0 Å². The third kappa shape index (κ3) is 2.80. The van der Waals surface area contributed by atoms with E-state index in [1.165, 1.54) is 11.3 Å². The molecule has 2 aliphatic heterocycles. The second kappa shape index (κ2) is 5.83. The minimum absolute atomic E-state index is 0.261. The third-order valence-electron chi connectivity index (χ3n) is 4.56. The number of carboxylic acids is 1. The zero-order chi connectivity index (χ0) is 13.9. The Morgan fingerprint density at radius 1 is 1.20 bits per heavy atom. The molecule has 0 aliphatic carbocycles. The summed E-state index contributed by atoms with van der Waals surface area (Å²) in [6.45, 7) is 3.88. The van der Waals surface area contributed by atoms with E-state index < -0.39 is 5.97 Å². The molecule has 0 unspecified atom stereocenters. The van der Waals surface area contributed by atoms with E-state index in [0.29, 0.717) is 12.6 Å². The van der Waals surface area contributed by atoms with Gasteiger partial charge in [-0.15, -0.1) is 0 Å². The fourth-order valence-electron chi connectivity index (χ4n) is 3.45. The number of nitrogens with zero attached hydrogens (tertiary/aromatic N) is 2. The lowest BCUT2D eigenvalue weighted by Gasteiger charge is -2.38. The van der Waals surface area contributed by atoms with Gasteiger partial charge < -0.3 is 14.9 Å². The molecule has 0 aromatic heterocycles. The SMILES string of the molecule is O=C(O)CCN1CCC(N2CCc3ccccc32)CC1. The molecule has 4 heteroatoms. The first-order valence-electron chi connectivity index (χ1n) is 7.53. The lowest BCUT2D eigenvalue weighted by molar-refractivity contribution is -0.137. The van der Waals surface area contributed by atoms with Gasteiger partial charge in [-0.1, -0.05) is 18.2 Å². The predicted octanol–water partition coefficient (Wildman–Crippen LogP) is 1.99. The number of rotatable bonds is 4. The minimum Gasteiger partial charge on any atom is -0.481 e. The first kappa shape index (κ1) is 13.4. The average molecular weight is 274 g/mol. The number of benzene rings is 1. The van der Waals surface area contributed by atoms with E-state index in [1.807, 2.05) is 0 Å². The van der Waals surface area contributed by atoms with Crippen molar-refractivity contribution in [3.63, 3.8) is 0 Å². The van der Waals surface area contributed by atoms with Gasteiger partial charge in [-0.2, -0.15) is 0 Å². The number of likely N-dealkylation sites (tertiary alicyclic amines) is 1. The van der Waals surface area contributed by atoms with Crippen LogP contribution in [0.2, 0.25) is 0 Å². The van der Waals surface area contributed by atoms with Gasteiger partial charge >= 0.3 is 5.97 Å². The molecule has 2 aliphatic rings. The van der Waals surface area contributed by atoms with Crippen molar-refractivity contribution in [2.45, 2.75) is 31.7 Å². The molecule has 0 spiro atoms. The molecule has 1 N–H and O–H groups in total. The average Bonchev–Trinajstić information content (AvgIpc) is 2.89. The maximum Gasteiger partial charge on any atom is 0.304 e. The highest BCUT2D eigenvalue weighted by atomic mass is 16.4. The Kier molecular flexibility index (Phi) is 3.92. The molecule has 1 fully saturated rings. The Hall–Kier alpha value is -1.55. The number of anilines is 1. The van der Waals surface area contributed by atoms with E-state index in [1.54, 1.807) is 0 Å². The van der Waals surface area contributed by atoms with Crippen LogP contribution in [0, 0.1) is 0 Å². The molecular formula is C16H22N2O2. The van der Waals surface area contributed by atoms with Gasteiger partial charge in [-0.25, -0.2) is 0 Å². The Balaban J connectivity index is 1.56. The van der Waals surface area contributed by atoms with Crippen molar-refractivity contribution >= 4 is 11.7 Å². The van der Waals surface area contributed by atoms with Gasteiger partial charge in [0.05, 0.1) is 6.42 Å². The smallest absolute Gasteiger partial charge is 0.304 e. The van der Waals surface area contributed by atoms with Crippen molar-refractivity contribution in [3.05, 3.63) is 29.8 Å². The normalized spacial score (nSPS) is 20.1. The van der Waals surface area contributed by atoms with Crippen LogP contribution in [-0.2, 0) is 11.2 Å². The summed E-state index contributed by atoms with van der Waals surface area (Å²) in [5.74, 6) is -0.694. The number of aliphatic carboxylic acids is 1. The summed E-state index contributed by atoms with van der Waals surface area (Å²) in [5.41, 5.74) is 2.89. The Morgan fingerprint density at radius 2 is 1.95 bits per heavy atom. The standard InChI is InChI=1S/C16H22N2O2/c19-16(20)8-11-17-9-6-14(7-10-17)18-12-5-13-3-1-2-4-15(13)18/h1-4,14H,5-12H2,(H,19,20). The molecule has 0 saturated carbocycles. The molecule has 1 saturated heterocycles. The zero-order valence-corrected chi connectivity index (χ0v) is 11.8. The molecule has 108 valence electrons. The number of fused-ring (bicyclic) bond motifs is 1. The van der Waals surface area contributed by atoms with Gasteiger partial charge in [-0.05, 0) is 30.9 Å². The van der Waals surface area contributed by atoms with E-state index in [9.17, 15) is 4.79 Å². The number of carbonyl (C=O) groups is 1. The molecule has 0 atom stereocenters. The third-order valence-corrected chi connectivity index (χ3v) is 4.56. The van der Waals surface area contributed by atoms with Crippen LogP contribution in [0.15, 0.2) is 24.3 Å². The summed E-state index contributed by atoms with van der Waals surface area (Å²) in [7, 11) is 0. The van der Waals surface area contributed by atoms with Crippen molar-refractivity contribution in [1.29, 1.82) is 0 Å². The van der Waals surface area contributed by atoms with Crippen molar-refractivity contribution in [3.8, 4) is 0 Å². The molecule has 0 radical (unpaired) electrons. The summed E-state index contributed by atoms with van der Waals surface area (Å²) in [4.78, 5) is 15.5. The minimum atomic E-state index is -0.694. The van der Waals surface area contributed by atoms with Crippen LogP contribution in [0.5, 0.6) is 0 Å². The largest absolute Gasteiger partial charge is 0.481 e. The lowest BCUT2D eigenvalue weighted by Crippen LogP contribution is -2.44. The highest BCUT2D eigenvalue weighted by Gasteiger charge is 2.28. The fraction of sp³-hybridized carbons (Fsp3) is 0.562. The van der Waals surface area contributed by atoms with Crippen molar-refractivity contribution < 1.29 is 9.90 Å². The van der Waals surface area contributed by atoms with Gasteiger partial charge in [0, 0.05) is 37.9 Å². The van der Waals surface area contributed by atoms with Crippen LogP contribution in [0.4, 0.5) is 5.69 Å². The Morgan fingerprint density at radius 3 is 2.70 bits per heavy atom. The quantitative estimate of drug-likeness (QED) is 0.912. The van der Waals surface area contributed by atoms with E-state index in [4.69, 9.17) is 5.11 Å². The molecule has 1 aromatic rings. The topological polar surface area (TPSA) is 43.8 Å². The van der Waals surface area contributed by atoms with Crippen LogP contribution in [0.25, 0.3) is 0 Å². The predicted molar refractivity (Wildman–Crippen MR) is 79.2 cm³/mol. The second-order valence-corrected chi connectivity index (χ2v) is 5.79. The highest BCUT2D eigenvalue weighted by molar-refractivity contribution is 5.66. The van der Waals surface area contributed by atoms with Gasteiger partial charge in [0.25, 0.3) is 0 Å². The van der Waals surface area contributed by atoms with Crippen molar-refractivity contribution in [2.24, 2.45) is 0 Å². The molecule has 3 rings (SSSR count). The van der Waals surface area contributed by atoms with E-state index in [2.05, 4.69) is 34.1 Å². The Labute approximate surface area is 120 Å². The fourth-order valence-corrected chi connectivity index (χ4v) is 3.45. The summed E-state index contributed by atoms with van der Waals surface area (Å²) in [5, 5.41) is 8.74. The molecular weight excluding hydrogens is 252 g/mol. The lowest BCUT2D eigenvalue weighted by atomic mass is 10.0. The maximum atomic E-state index is 10.6. The summed E-state index contributed by atoms with van der Waals surface area (Å²) in [6, 6.07) is 9.34.